The fraction of sp³-hybridized carbons (Fsp3) is 0.286. The standard InChI is InChI=1S/C42H45N5O11/c1-20-34(50)38(54)39(55-14-13-47-42(45)46)41(56-20)58-30-18-28-33(35(51)27(30)16-23-9-6-10-24(15-23)40(43)44)37(53)31-25(19-48)17-29(57-21(2)49)26(32(31)36(28)52)12-11-22-7-4-3-5-8-22/h3-12,15,17-18,20,34,38-41,48,50-51,54H,13-14,16,19,43-44H2,1-2H3,(H4,45,46,47)/b12-11+/t20-,34+,38+,39+,41+/m0/s1. The molecular formula is C42H45N5O11. The van der Waals surface area contributed by atoms with Crippen LogP contribution in [0.5, 0.6) is 17.2 Å². The van der Waals surface area contributed by atoms with Crippen LogP contribution in [0.4, 0.5) is 0 Å². The van der Waals surface area contributed by atoms with Gasteiger partial charge in [0, 0.05) is 41.2 Å². The fourth-order valence-corrected chi connectivity index (χ4v) is 7.00. The minimum absolute atomic E-state index is 0.00331. The molecule has 0 saturated carbocycles. The van der Waals surface area contributed by atoms with E-state index >= 15 is 0 Å². The first-order valence-electron chi connectivity index (χ1n) is 18.4. The van der Waals surface area contributed by atoms with Crippen LogP contribution >= 0.6 is 0 Å². The number of guanidine groups is 1. The zero-order valence-corrected chi connectivity index (χ0v) is 31.7. The number of hydrogen-bond acceptors (Lipinski definition) is 14. The predicted octanol–water partition coefficient (Wildman–Crippen LogP) is 1.77. The van der Waals surface area contributed by atoms with Crippen molar-refractivity contribution in [2.24, 2.45) is 27.9 Å². The van der Waals surface area contributed by atoms with E-state index in [9.17, 15) is 34.8 Å². The number of nitrogens with two attached hydrogens (primary N) is 4. The minimum Gasteiger partial charge on any atom is -0.507 e. The second kappa shape index (κ2) is 17.7. The third-order valence-electron chi connectivity index (χ3n) is 9.81. The number of rotatable bonds is 13. The molecule has 0 aromatic heterocycles. The number of phenols is 1. The lowest BCUT2D eigenvalue weighted by Gasteiger charge is -2.41. The van der Waals surface area contributed by atoms with Gasteiger partial charge >= 0.3 is 5.97 Å². The number of ketones is 2. The van der Waals surface area contributed by atoms with Crippen molar-refractivity contribution in [3.05, 3.63) is 122 Å². The van der Waals surface area contributed by atoms with E-state index in [1.54, 1.807) is 54.6 Å². The van der Waals surface area contributed by atoms with Gasteiger partial charge in [-0.05, 0) is 47.4 Å². The van der Waals surface area contributed by atoms with Crippen molar-refractivity contribution in [3.8, 4) is 17.2 Å². The average molecular weight is 796 g/mol. The van der Waals surface area contributed by atoms with Gasteiger partial charge in [0.15, 0.2) is 17.5 Å². The number of hydrogen-bond donors (Lipinski definition) is 8. The maximum Gasteiger partial charge on any atom is 0.308 e. The third kappa shape index (κ3) is 8.63. The summed E-state index contributed by atoms with van der Waals surface area (Å²) < 4.78 is 23.8. The van der Waals surface area contributed by atoms with Gasteiger partial charge in [-0.3, -0.25) is 19.4 Å². The number of fused-ring (bicyclic) bond motifs is 2. The fourth-order valence-electron chi connectivity index (χ4n) is 7.00. The lowest BCUT2D eigenvalue weighted by molar-refractivity contribution is -0.278. The Kier molecular flexibility index (Phi) is 12.7. The number of aliphatic hydroxyl groups excluding tert-OH is 3. The van der Waals surface area contributed by atoms with Gasteiger partial charge in [0.2, 0.25) is 6.29 Å². The molecule has 4 aromatic rings. The number of ether oxygens (including phenoxy) is 4. The molecule has 16 nitrogen and oxygen atoms in total. The van der Waals surface area contributed by atoms with E-state index < -0.39 is 66.8 Å². The summed E-state index contributed by atoms with van der Waals surface area (Å²) in [7, 11) is 0. The number of aliphatic imine (C=N–C) groups is 1. The van der Waals surface area contributed by atoms with Gasteiger partial charge in [0.05, 0.1) is 37.6 Å². The number of nitrogens with zero attached hydrogens (tertiary/aromatic N) is 1. The Morgan fingerprint density at radius 1 is 0.931 bits per heavy atom. The van der Waals surface area contributed by atoms with Gasteiger partial charge in [-0.2, -0.15) is 0 Å². The van der Waals surface area contributed by atoms with E-state index in [1.165, 1.54) is 32.1 Å². The first kappa shape index (κ1) is 41.6. The van der Waals surface area contributed by atoms with Gasteiger partial charge in [0.1, 0.15) is 35.6 Å². The van der Waals surface area contributed by atoms with E-state index in [0.717, 1.165) is 5.56 Å². The molecule has 16 heteroatoms. The van der Waals surface area contributed by atoms with Crippen molar-refractivity contribution in [2.45, 2.75) is 63.7 Å². The zero-order chi connectivity index (χ0) is 41.8. The summed E-state index contributed by atoms with van der Waals surface area (Å²) in [5, 5.41) is 44.5. The number of benzene rings is 4. The maximum atomic E-state index is 14.9. The molecule has 0 unspecified atom stereocenters. The summed E-state index contributed by atoms with van der Waals surface area (Å²) in [4.78, 5) is 45.7. The van der Waals surface area contributed by atoms with Gasteiger partial charge < -0.3 is 62.3 Å². The van der Waals surface area contributed by atoms with Crippen LogP contribution in [0.2, 0.25) is 0 Å². The first-order valence-corrected chi connectivity index (χ1v) is 18.4. The van der Waals surface area contributed by atoms with Crippen molar-refractivity contribution in [3.63, 3.8) is 0 Å². The highest BCUT2D eigenvalue weighted by Gasteiger charge is 2.46. The van der Waals surface area contributed by atoms with Gasteiger partial charge in [0.25, 0.3) is 0 Å². The highest BCUT2D eigenvalue weighted by Crippen LogP contribution is 2.45. The van der Waals surface area contributed by atoms with Crippen LogP contribution in [0.25, 0.3) is 12.2 Å². The van der Waals surface area contributed by atoms with E-state index in [0.29, 0.717) is 11.1 Å². The predicted molar refractivity (Wildman–Crippen MR) is 212 cm³/mol. The molecule has 1 aliphatic heterocycles. The summed E-state index contributed by atoms with van der Waals surface area (Å²) in [6.45, 7) is 1.84. The topological polar surface area (TPSA) is 285 Å². The van der Waals surface area contributed by atoms with Crippen LogP contribution in [0, 0.1) is 0 Å². The summed E-state index contributed by atoms with van der Waals surface area (Å²) in [6, 6.07) is 18.5. The lowest BCUT2D eigenvalue weighted by Crippen LogP contribution is -2.59. The molecule has 5 atom stereocenters. The van der Waals surface area contributed by atoms with Gasteiger partial charge in [-0.25, -0.2) is 0 Å². The Bertz CT molecular complexity index is 2270. The van der Waals surface area contributed by atoms with Crippen molar-refractivity contribution >= 4 is 35.6 Å². The molecule has 304 valence electrons. The second-order valence-electron chi connectivity index (χ2n) is 13.9. The van der Waals surface area contributed by atoms with E-state index in [2.05, 4.69) is 4.99 Å². The number of carbonyl (C=O) groups is 3. The van der Waals surface area contributed by atoms with Crippen LogP contribution < -0.4 is 32.4 Å². The van der Waals surface area contributed by atoms with Crippen molar-refractivity contribution in [1.82, 2.24) is 0 Å². The minimum atomic E-state index is -1.53. The summed E-state index contributed by atoms with van der Waals surface area (Å²) >= 11 is 0. The largest absolute Gasteiger partial charge is 0.507 e. The molecule has 1 saturated heterocycles. The molecule has 4 aromatic carbocycles. The van der Waals surface area contributed by atoms with Gasteiger partial charge in [-0.15, -0.1) is 0 Å². The molecule has 0 radical (unpaired) electrons. The molecule has 0 spiro atoms. The number of esters is 1. The maximum absolute atomic E-state index is 14.9. The Labute approximate surface area is 333 Å². The Balaban J connectivity index is 1.54. The molecule has 0 bridgehead atoms. The van der Waals surface area contributed by atoms with Crippen LogP contribution in [-0.2, 0) is 27.3 Å². The quantitative estimate of drug-likeness (QED) is 0.0160. The van der Waals surface area contributed by atoms with Crippen molar-refractivity contribution in [2.75, 3.05) is 13.2 Å². The van der Waals surface area contributed by atoms with Crippen molar-refractivity contribution < 1.29 is 53.8 Å². The highest BCUT2D eigenvalue weighted by molar-refractivity contribution is 6.31. The number of carbonyl (C=O) groups excluding carboxylic acids is 3. The van der Waals surface area contributed by atoms with E-state index in [1.807, 2.05) is 6.07 Å². The Hall–Kier alpha value is -5.98. The summed E-state index contributed by atoms with van der Waals surface area (Å²) in [5.41, 5.74) is 23.7. The Morgan fingerprint density at radius 2 is 1.67 bits per heavy atom. The molecule has 2 aliphatic rings. The molecule has 6 rings (SSSR count). The molecule has 0 amide bonds. The highest BCUT2D eigenvalue weighted by atomic mass is 16.7. The van der Waals surface area contributed by atoms with E-state index in [4.69, 9.17) is 41.9 Å². The molecule has 12 N–H and O–H groups in total. The van der Waals surface area contributed by atoms with Crippen LogP contribution in [0.1, 0.15) is 85.2 Å². The zero-order valence-electron chi connectivity index (χ0n) is 31.7. The second-order valence-corrected chi connectivity index (χ2v) is 13.9. The van der Waals surface area contributed by atoms with Crippen LogP contribution in [0.3, 0.4) is 0 Å². The normalized spacial score (nSPS) is 20.2. The molecular weight excluding hydrogens is 750 g/mol. The van der Waals surface area contributed by atoms with Crippen LogP contribution in [0.15, 0.2) is 71.7 Å². The summed E-state index contributed by atoms with van der Waals surface area (Å²) in [5.74, 6) is -3.28. The molecule has 1 fully saturated rings. The molecule has 1 heterocycles. The van der Waals surface area contributed by atoms with E-state index in [-0.39, 0.29) is 76.0 Å². The van der Waals surface area contributed by atoms with Crippen LogP contribution in [-0.4, -0.2) is 87.8 Å². The van der Waals surface area contributed by atoms with Gasteiger partial charge in [-0.1, -0.05) is 60.7 Å². The SMILES string of the molecule is CC(=O)Oc1cc(CO)c2c(c1/C=C/c1ccccc1)C(=O)c1cc(O[C@H]3O[C@@H](C)[C@@H](O)[C@@H](O)[C@H]3OCCN=C(N)N)c(Cc3cccc(C(N)N)c3)c(O)c1C2=O. The number of phenolic OH excluding ortho intramolecular Hbond substituents is 1. The molecule has 58 heavy (non-hydrogen) atoms. The first-order chi connectivity index (χ1) is 27.7. The Morgan fingerprint density at radius 3 is 2.34 bits per heavy atom. The average Bonchev–Trinajstić information content (AvgIpc) is 3.19. The van der Waals surface area contributed by atoms with Crippen molar-refractivity contribution in [1.29, 1.82) is 0 Å². The summed E-state index contributed by atoms with van der Waals surface area (Å²) in [6.07, 6.45) is -4.40. The third-order valence-corrected chi connectivity index (χ3v) is 9.81. The number of aromatic hydroxyl groups is 1. The molecule has 1 aliphatic carbocycles. The number of aliphatic hydroxyl groups is 3. The smallest absolute Gasteiger partial charge is 0.308 e. The lowest BCUT2D eigenvalue weighted by atomic mass is 9.77. The monoisotopic (exact) mass is 795 g/mol.